The average Bonchev–Trinajstić information content (AvgIpc) is 1.86. The SMILES string of the molecule is C[C@@H]1CC2CCCCC21. The number of hydrogen-bond acceptors (Lipinski definition) is 0. The third-order valence-electron chi connectivity index (χ3n) is 3.37. The van der Waals surface area contributed by atoms with Crippen LogP contribution in [0.15, 0.2) is 0 Å². The standard InChI is InChI=1S/C9H16/c1-7-6-8-4-2-3-5-9(7)8/h7-9H,2-6H2,1H3/t7-,8?,9?/m1/s1. The van der Waals surface area contributed by atoms with Crippen molar-refractivity contribution in [3.63, 3.8) is 0 Å². The lowest BCUT2D eigenvalue weighted by Gasteiger charge is -2.46. The molecule has 9 heavy (non-hydrogen) atoms. The van der Waals surface area contributed by atoms with Gasteiger partial charge in [-0.3, -0.25) is 0 Å². The first-order chi connectivity index (χ1) is 4.38. The summed E-state index contributed by atoms with van der Waals surface area (Å²) < 4.78 is 0. The molecule has 0 spiro atoms. The van der Waals surface area contributed by atoms with Crippen LogP contribution in [0.5, 0.6) is 0 Å². The van der Waals surface area contributed by atoms with Gasteiger partial charge >= 0.3 is 0 Å². The van der Waals surface area contributed by atoms with Crippen molar-refractivity contribution in [3.8, 4) is 0 Å². The average molecular weight is 124 g/mol. The van der Waals surface area contributed by atoms with Crippen LogP contribution in [0.3, 0.4) is 0 Å². The zero-order chi connectivity index (χ0) is 6.27. The summed E-state index contributed by atoms with van der Waals surface area (Å²) in [6, 6.07) is 0. The van der Waals surface area contributed by atoms with Crippen molar-refractivity contribution in [1.29, 1.82) is 0 Å². The molecule has 2 aliphatic carbocycles. The molecular weight excluding hydrogens is 108 g/mol. The summed E-state index contributed by atoms with van der Waals surface area (Å²) in [6.07, 6.45) is 7.69. The normalized spacial score (nSPS) is 49.7. The molecule has 0 nitrogen and oxygen atoms in total. The summed E-state index contributed by atoms with van der Waals surface area (Å²) in [7, 11) is 0. The van der Waals surface area contributed by atoms with Crippen molar-refractivity contribution in [2.24, 2.45) is 17.8 Å². The van der Waals surface area contributed by atoms with E-state index in [0.717, 1.165) is 17.8 Å². The van der Waals surface area contributed by atoms with E-state index < -0.39 is 0 Å². The van der Waals surface area contributed by atoms with Gasteiger partial charge in [0.25, 0.3) is 0 Å². The summed E-state index contributed by atoms with van der Waals surface area (Å²) in [4.78, 5) is 0. The molecule has 0 heterocycles. The fraction of sp³-hybridized carbons (Fsp3) is 1.00. The summed E-state index contributed by atoms with van der Waals surface area (Å²) in [5.74, 6) is 3.39. The van der Waals surface area contributed by atoms with Crippen molar-refractivity contribution < 1.29 is 0 Å². The maximum absolute atomic E-state index is 2.42. The monoisotopic (exact) mass is 124 g/mol. The minimum Gasteiger partial charge on any atom is -0.0622 e. The maximum Gasteiger partial charge on any atom is -0.0360 e. The van der Waals surface area contributed by atoms with E-state index in [-0.39, 0.29) is 0 Å². The Hall–Kier alpha value is 0. The van der Waals surface area contributed by atoms with Crippen LogP contribution in [-0.2, 0) is 0 Å². The molecule has 0 aromatic heterocycles. The highest BCUT2D eigenvalue weighted by Crippen LogP contribution is 2.48. The van der Waals surface area contributed by atoms with Crippen LogP contribution < -0.4 is 0 Å². The van der Waals surface area contributed by atoms with E-state index >= 15 is 0 Å². The Kier molecular flexibility index (Phi) is 1.28. The van der Waals surface area contributed by atoms with Crippen molar-refractivity contribution in [1.82, 2.24) is 0 Å². The first kappa shape index (κ1) is 5.76. The number of rotatable bonds is 0. The largest absolute Gasteiger partial charge is 0.0622 e. The Morgan fingerprint density at radius 3 is 2.44 bits per heavy atom. The fourth-order valence-electron chi connectivity index (χ4n) is 2.73. The highest BCUT2D eigenvalue weighted by atomic mass is 14.4. The van der Waals surface area contributed by atoms with Gasteiger partial charge in [-0.05, 0) is 30.6 Å². The van der Waals surface area contributed by atoms with Crippen LogP contribution in [0.25, 0.3) is 0 Å². The van der Waals surface area contributed by atoms with E-state index in [0.29, 0.717) is 0 Å². The van der Waals surface area contributed by atoms with Crippen LogP contribution >= 0.6 is 0 Å². The molecule has 2 fully saturated rings. The molecule has 2 saturated carbocycles. The molecule has 0 saturated heterocycles. The lowest BCUT2D eigenvalue weighted by Crippen LogP contribution is -2.36. The van der Waals surface area contributed by atoms with Gasteiger partial charge in [0, 0.05) is 0 Å². The Balaban J connectivity index is 1.94. The van der Waals surface area contributed by atoms with E-state index in [1.807, 2.05) is 0 Å². The topological polar surface area (TPSA) is 0 Å². The molecule has 3 atom stereocenters. The second-order valence-electron chi connectivity index (χ2n) is 3.92. The van der Waals surface area contributed by atoms with Gasteiger partial charge in [-0.2, -0.15) is 0 Å². The Morgan fingerprint density at radius 2 is 1.89 bits per heavy atom. The minimum absolute atomic E-state index is 1.08. The molecule has 0 amide bonds. The molecule has 0 bridgehead atoms. The highest BCUT2D eigenvalue weighted by Gasteiger charge is 2.38. The Bertz CT molecular complexity index is 105. The van der Waals surface area contributed by atoms with Crippen molar-refractivity contribution >= 4 is 0 Å². The third-order valence-corrected chi connectivity index (χ3v) is 3.37. The van der Waals surface area contributed by atoms with Crippen molar-refractivity contribution in [3.05, 3.63) is 0 Å². The molecule has 0 aliphatic heterocycles. The fourth-order valence-corrected chi connectivity index (χ4v) is 2.73. The summed E-state index contributed by atoms with van der Waals surface area (Å²) >= 11 is 0. The maximum atomic E-state index is 2.42. The quantitative estimate of drug-likeness (QED) is 0.466. The summed E-state index contributed by atoms with van der Waals surface area (Å²) in [5, 5.41) is 0. The molecule has 52 valence electrons. The van der Waals surface area contributed by atoms with Gasteiger partial charge in [-0.1, -0.05) is 26.2 Å². The molecule has 0 aromatic rings. The molecule has 0 radical (unpaired) electrons. The summed E-state index contributed by atoms with van der Waals surface area (Å²) in [5.41, 5.74) is 0. The van der Waals surface area contributed by atoms with Crippen LogP contribution in [-0.4, -0.2) is 0 Å². The zero-order valence-electron chi connectivity index (χ0n) is 6.27. The van der Waals surface area contributed by atoms with E-state index in [9.17, 15) is 0 Å². The van der Waals surface area contributed by atoms with Gasteiger partial charge in [-0.15, -0.1) is 0 Å². The van der Waals surface area contributed by atoms with E-state index in [2.05, 4.69) is 6.92 Å². The minimum atomic E-state index is 1.08. The van der Waals surface area contributed by atoms with Gasteiger partial charge in [-0.25, -0.2) is 0 Å². The molecule has 2 aliphatic rings. The summed E-state index contributed by atoms with van der Waals surface area (Å²) in [6.45, 7) is 2.42. The van der Waals surface area contributed by atoms with Gasteiger partial charge in [0.05, 0.1) is 0 Å². The van der Waals surface area contributed by atoms with Crippen LogP contribution in [0, 0.1) is 17.8 Å². The number of fused-ring (bicyclic) bond motifs is 1. The molecule has 2 unspecified atom stereocenters. The molecule has 0 aromatic carbocycles. The highest BCUT2D eigenvalue weighted by molar-refractivity contribution is 4.88. The number of hydrogen-bond donors (Lipinski definition) is 0. The van der Waals surface area contributed by atoms with Gasteiger partial charge in [0.1, 0.15) is 0 Å². The second-order valence-corrected chi connectivity index (χ2v) is 3.92. The Labute approximate surface area is 57.6 Å². The lowest BCUT2D eigenvalue weighted by atomic mass is 9.59. The van der Waals surface area contributed by atoms with E-state index in [1.165, 1.54) is 12.8 Å². The first-order valence-corrected chi connectivity index (χ1v) is 4.38. The molecular formula is C9H16. The molecule has 2 rings (SSSR count). The lowest BCUT2D eigenvalue weighted by molar-refractivity contribution is 0.0421. The third kappa shape index (κ3) is 0.798. The van der Waals surface area contributed by atoms with Crippen LogP contribution in [0.2, 0.25) is 0 Å². The van der Waals surface area contributed by atoms with Crippen molar-refractivity contribution in [2.45, 2.75) is 39.0 Å². The smallest absolute Gasteiger partial charge is 0.0360 e. The second kappa shape index (κ2) is 2.00. The van der Waals surface area contributed by atoms with Crippen molar-refractivity contribution in [2.75, 3.05) is 0 Å². The van der Waals surface area contributed by atoms with Gasteiger partial charge in [0.2, 0.25) is 0 Å². The first-order valence-electron chi connectivity index (χ1n) is 4.38. The zero-order valence-corrected chi connectivity index (χ0v) is 6.27. The van der Waals surface area contributed by atoms with Gasteiger partial charge < -0.3 is 0 Å². The van der Waals surface area contributed by atoms with Gasteiger partial charge in [0.15, 0.2) is 0 Å². The molecule has 0 heteroatoms. The van der Waals surface area contributed by atoms with E-state index in [4.69, 9.17) is 0 Å². The van der Waals surface area contributed by atoms with Crippen LogP contribution in [0.1, 0.15) is 39.0 Å². The van der Waals surface area contributed by atoms with E-state index in [1.54, 1.807) is 19.3 Å². The van der Waals surface area contributed by atoms with Crippen LogP contribution in [0.4, 0.5) is 0 Å². The predicted molar refractivity (Wildman–Crippen MR) is 39.2 cm³/mol. The predicted octanol–water partition coefficient (Wildman–Crippen LogP) is 2.83. The Morgan fingerprint density at radius 1 is 1.11 bits per heavy atom. The molecule has 0 N–H and O–H groups in total.